The van der Waals surface area contributed by atoms with Gasteiger partial charge in [0.25, 0.3) is 0 Å². The van der Waals surface area contributed by atoms with Crippen molar-refractivity contribution in [3.05, 3.63) is 64.3 Å². The average Bonchev–Trinajstić information content (AvgIpc) is 2.48. The normalized spacial score (nSPS) is 11.0. The van der Waals surface area contributed by atoms with Crippen LogP contribution in [0.15, 0.2) is 36.5 Å². The summed E-state index contributed by atoms with van der Waals surface area (Å²) < 4.78 is 27.3. The number of hydrogen-bond acceptors (Lipinski definition) is 2. The highest BCUT2D eigenvalue weighted by Gasteiger charge is 2.17. The van der Waals surface area contributed by atoms with Crippen molar-refractivity contribution < 1.29 is 18.7 Å². The smallest absolute Gasteiger partial charge is 0.335 e. The van der Waals surface area contributed by atoms with Gasteiger partial charge in [0.1, 0.15) is 11.6 Å². The molecule has 0 amide bonds. The van der Waals surface area contributed by atoms with Gasteiger partial charge in [-0.25, -0.2) is 13.6 Å². The number of benzene rings is 2. The molecular formula is C17H10ClF2NO2. The SMILES string of the molecule is Cc1cc(C(=O)O)cc2c(-c3ccc(F)cc3F)c(Cl)cnc12. The number of hydrogen-bond donors (Lipinski definition) is 1. The van der Waals surface area contributed by atoms with E-state index in [1.807, 2.05) is 0 Å². The van der Waals surface area contributed by atoms with Crippen LogP contribution in [0.25, 0.3) is 22.0 Å². The van der Waals surface area contributed by atoms with E-state index in [0.29, 0.717) is 22.0 Å². The minimum absolute atomic E-state index is 0.0443. The van der Waals surface area contributed by atoms with Crippen LogP contribution < -0.4 is 0 Å². The maximum atomic E-state index is 14.2. The van der Waals surface area contributed by atoms with Gasteiger partial charge >= 0.3 is 5.97 Å². The Labute approximate surface area is 135 Å². The predicted molar refractivity (Wildman–Crippen MR) is 83.8 cm³/mol. The number of carboxylic acid groups (broad SMARTS) is 1. The van der Waals surface area contributed by atoms with Gasteiger partial charge in [0.2, 0.25) is 0 Å². The van der Waals surface area contributed by atoms with Gasteiger partial charge < -0.3 is 5.11 Å². The van der Waals surface area contributed by atoms with Gasteiger partial charge in [-0.1, -0.05) is 11.6 Å². The lowest BCUT2D eigenvalue weighted by Crippen LogP contribution is -1.99. The van der Waals surface area contributed by atoms with Crippen LogP contribution in [-0.2, 0) is 0 Å². The first-order chi connectivity index (χ1) is 10.9. The van der Waals surface area contributed by atoms with Crippen molar-refractivity contribution in [1.82, 2.24) is 4.98 Å². The molecule has 116 valence electrons. The quantitative estimate of drug-likeness (QED) is 0.730. The summed E-state index contributed by atoms with van der Waals surface area (Å²) in [6.07, 6.45) is 1.37. The Morgan fingerprint density at radius 1 is 1.22 bits per heavy atom. The number of rotatable bonds is 2. The summed E-state index contributed by atoms with van der Waals surface area (Å²) in [4.78, 5) is 15.5. The van der Waals surface area contributed by atoms with Gasteiger partial charge in [-0.2, -0.15) is 0 Å². The summed E-state index contributed by atoms with van der Waals surface area (Å²) >= 11 is 6.16. The zero-order valence-corrected chi connectivity index (χ0v) is 12.7. The second-order valence-corrected chi connectivity index (χ2v) is 5.51. The summed E-state index contributed by atoms with van der Waals surface area (Å²) in [7, 11) is 0. The molecule has 0 aliphatic heterocycles. The van der Waals surface area contributed by atoms with Crippen molar-refractivity contribution in [2.45, 2.75) is 6.92 Å². The summed E-state index contributed by atoms with van der Waals surface area (Å²) in [5, 5.41) is 9.77. The van der Waals surface area contributed by atoms with Gasteiger partial charge in [0.05, 0.1) is 16.1 Å². The number of fused-ring (bicyclic) bond motifs is 1. The fraction of sp³-hybridized carbons (Fsp3) is 0.0588. The number of aryl methyl sites for hydroxylation is 1. The van der Waals surface area contributed by atoms with Gasteiger partial charge in [-0.3, -0.25) is 4.98 Å². The minimum Gasteiger partial charge on any atom is -0.478 e. The van der Waals surface area contributed by atoms with Crippen LogP contribution in [0.4, 0.5) is 8.78 Å². The third kappa shape index (κ3) is 2.64. The van der Waals surface area contributed by atoms with Gasteiger partial charge in [-0.05, 0) is 36.8 Å². The van der Waals surface area contributed by atoms with E-state index in [0.717, 1.165) is 12.1 Å². The van der Waals surface area contributed by atoms with E-state index >= 15 is 0 Å². The monoisotopic (exact) mass is 333 g/mol. The third-order valence-corrected chi connectivity index (χ3v) is 3.85. The van der Waals surface area contributed by atoms with Crippen molar-refractivity contribution in [2.75, 3.05) is 0 Å². The van der Waals surface area contributed by atoms with Gasteiger partial charge in [0, 0.05) is 28.8 Å². The first-order valence-corrected chi connectivity index (χ1v) is 7.04. The average molecular weight is 334 g/mol. The number of halogens is 3. The van der Waals surface area contributed by atoms with Crippen LogP contribution in [0.2, 0.25) is 5.02 Å². The Kier molecular flexibility index (Phi) is 3.74. The number of aromatic carboxylic acids is 1. The molecule has 23 heavy (non-hydrogen) atoms. The highest BCUT2D eigenvalue weighted by molar-refractivity contribution is 6.34. The first kappa shape index (κ1) is 15.4. The highest BCUT2D eigenvalue weighted by atomic mass is 35.5. The molecule has 0 aliphatic carbocycles. The summed E-state index contributed by atoms with van der Waals surface area (Å²) in [6, 6.07) is 6.02. The number of nitrogens with zero attached hydrogens (tertiary/aromatic N) is 1. The van der Waals surface area contributed by atoms with Crippen molar-refractivity contribution in [1.29, 1.82) is 0 Å². The van der Waals surface area contributed by atoms with Crippen molar-refractivity contribution in [3.63, 3.8) is 0 Å². The van der Waals surface area contributed by atoms with Crippen LogP contribution >= 0.6 is 11.6 Å². The van der Waals surface area contributed by atoms with Crippen LogP contribution in [0.3, 0.4) is 0 Å². The molecule has 3 aromatic rings. The van der Waals surface area contributed by atoms with Gasteiger partial charge in [0.15, 0.2) is 0 Å². The zero-order chi connectivity index (χ0) is 16.7. The Bertz CT molecular complexity index is 957. The van der Waals surface area contributed by atoms with Crippen LogP contribution in [-0.4, -0.2) is 16.1 Å². The molecule has 3 rings (SSSR count). The molecule has 6 heteroatoms. The van der Waals surface area contributed by atoms with Crippen molar-refractivity contribution >= 4 is 28.5 Å². The van der Waals surface area contributed by atoms with Crippen LogP contribution in [0, 0.1) is 18.6 Å². The van der Waals surface area contributed by atoms with E-state index in [4.69, 9.17) is 11.6 Å². The Morgan fingerprint density at radius 3 is 2.61 bits per heavy atom. The summed E-state index contributed by atoms with van der Waals surface area (Å²) in [6.45, 7) is 1.71. The molecule has 1 heterocycles. The summed E-state index contributed by atoms with van der Waals surface area (Å²) in [5.74, 6) is -2.60. The standard InChI is InChI=1S/C17H10ClF2NO2/c1-8-4-9(17(22)23)5-12-15(13(18)7-21-16(8)12)11-3-2-10(19)6-14(11)20/h2-7H,1H3,(H,22,23). The maximum absolute atomic E-state index is 14.2. The summed E-state index contributed by atoms with van der Waals surface area (Å²) in [5.41, 5.74) is 1.56. The molecule has 0 saturated carbocycles. The molecule has 3 nitrogen and oxygen atoms in total. The molecule has 0 bridgehead atoms. The van der Waals surface area contributed by atoms with E-state index in [9.17, 15) is 18.7 Å². The fourth-order valence-electron chi connectivity index (χ4n) is 2.55. The van der Waals surface area contributed by atoms with E-state index in [2.05, 4.69) is 4.98 Å². The number of pyridine rings is 1. The second-order valence-electron chi connectivity index (χ2n) is 5.10. The van der Waals surface area contributed by atoms with Crippen LogP contribution in [0.5, 0.6) is 0 Å². The molecule has 1 N–H and O–H groups in total. The zero-order valence-electron chi connectivity index (χ0n) is 11.9. The second kappa shape index (κ2) is 5.59. The Balaban J connectivity index is 2.43. The maximum Gasteiger partial charge on any atom is 0.335 e. The Hall–Kier alpha value is -2.53. The minimum atomic E-state index is -1.11. The lowest BCUT2D eigenvalue weighted by molar-refractivity contribution is 0.0697. The van der Waals surface area contributed by atoms with Crippen molar-refractivity contribution in [2.24, 2.45) is 0 Å². The molecule has 1 aromatic heterocycles. The topological polar surface area (TPSA) is 50.2 Å². The van der Waals surface area contributed by atoms with E-state index in [-0.39, 0.29) is 16.1 Å². The molecule has 0 saturated heterocycles. The molecule has 0 radical (unpaired) electrons. The van der Waals surface area contributed by atoms with E-state index in [1.165, 1.54) is 24.4 Å². The molecule has 0 spiro atoms. The lowest BCUT2D eigenvalue weighted by Gasteiger charge is -2.12. The van der Waals surface area contributed by atoms with E-state index in [1.54, 1.807) is 6.92 Å². The van der Waals surface area contributed by atoms with Crippen molar-refractivity contribution in [3.8, 4) is 11.1 Å². The Morgan fingerprint density at radius 2 is 1.96 bits per heavy atom. The molecule has 0 aliphatic rings. The fourth-order valence-corrected chi connectivity index (χ4v) is 2.80. The number of carboxylic acids is 1. The molecule has 0 unspecified atom stereocenters. The van der Waals surface area contributed by atoms with Crippen LogP contribution in [0.1, 0.15) is 15.9 Å². The first-order valence-electron chi connectivity index (χ1n) is 6.66. The van der Waals surface area contributed by atoms with Gasteiger partial charge in [-0.15, -0.1) is 0 Å². The third-order valence-electron chi connectivity index (χ3n) is 3.56. The predicted octanol–water partition coefficient (Wildman–Crippen LogP) is 4.84. The molecule has 0 fully saturated rings. The largest absolute Gasteiger partial charge is 0.478 e. The van der Waals surface area contributed by atoms with E-state index < -0.39 is 17.6 Å². The molecule has 2 aromatic carbocycles. The number of carbonyl (C=O) groups is 1. The molecular weight excluding hydrogens is 324 g/mol. The lowest BCUT2D eigenvalue weighted by atomic mass is 9.97. The number of aromatic nitrogens is 1. The molecule has 0 atom stereocenters. The highest BCUT2D eigenvalue weighted by Crippen LogP contribution is 2.37.